The number of nitrogens with one attached hydrogen (secondary N) is 1. The van der Waals surface area contributed by atoms with Crippen LogP contribution in [0.25, 0.3) is 71.7 Å². The van der Waals surface area contributed by atoms with Crippen LogP contribution < -0.4 is 16.2 Å². The number of nitrogens with zero attached hydrogens (tertiary/aromatic N) is 1. The molecule has 3 nitrogen and oxygen atoms in total. The third-order valence-corrected chi connectivity index (χ3v) is 13.1. The molecule has 3 heterocycles. The molecule has 0 atom stereocenters. The molecule has 4 heteroatoms. The Bertz CT molecular complexity index is 3160. The summed E-state index contributed by atoms with van der Waals surface area (Å²) in [4.78, 5) is 0. The average Bonchev–Trinajstić information content (AvgIpc) is 3.79. The maximum absolute atomic E-state index is 6.53. The van der Waals surface area contributed by atoms with Gasteiger partial charge in [0.15, 0.2) is 7.28 Å². The second-order valence-corrected chi connectivity index (χ2v) is 19.1. The third-order valence-electron chi connectivity index (χ3n) is 13.1. The standard InChI is InChI=1S/C53H47BN2O/c1-51(2,3)30-17-20-32(21-18-30)55-44-24-19-31(52(4,5)6)25-38(44)35-22-23-36-39-26-42-37(33-13-9-11-15-41(33)53(42,7)8)27-45(39)56-46-28-40-34-14-10-12-16-47(34)57-48(40)29-43(46)54-49(35)50(36)56/h9-29,54-55H,1-8H3. The van der Waals surface area contributed by atoms with Crippen LogP contribution in [0.1, 0.15) is 77.6 Å². The Labute approximate surface area is 335 Å². The van der Waals surface area contributed by atoms with E-state index in [4.69, 9.17) is 4.42 Å². The topological polar surface area (TPSA) is 30.1 Å². The molecule has 7 aromatic carbocycles. The molecule has 2 aliphatic rings. The van der Waals surface area contributed by atoms with E-state index < -0.39 is 0 Å². The van der Waals surface area contributed by atoms with Crippen molar-refractivity contribution in [2.75, 3.05) is 5.32 Å². The first-order valence-electron chi connectivity index (χ1n) is 20.5. The van der Waals surface area contributed by atoms with Crippen LogP contribution in [0.5, 0.6) is 0 Å². The van der Waals surface area contributed by atoms with E-state index in [1.807, 2.05) is 0 Å². The zero-order valence-corrected chi connectivity index (χ0v) is 34.2. The van der Waals surface area contributed by atoms with Gasteiger partial charge in [0.25, 0.3) is 0 Å². The number of aromatic nitrogens is 1. The van der Waals surface area contributed by atoms with Crippen LogP contribution in [-0.2, 0) is 16.2 Å². The van der Waals surface area contributed by atoms with Gasteiger partial charge in [-0.15, -0.1) is 0 Å². The minimum absolute atomic E-state index is 0.0129. The molecule has 11 rings (SSSR count). The number of furan rings is 1. The molecule has 0 saturated heterocycles. The molecule has 0 spiro atoms. The van der Waals surface area contributed by atoms with Crippen molar-refractivity contribution in [3.8, 4) is 27.9 Å². The Morgan fingerprint density at radius 1 is 0.561 bits per heavy atom. The summed E-state index contributed by atoms with van der Waals surface area (Å²) in [7, 11) is 0.804. The number of hydrogen-bond donors (Lipinski definition) is 1. The lowest BCUT2D eigenvalue weighted by molar-refractivity contribution is 0.590. The van der Waals surface area contributed by atoms with E-state index >= 15 is 0 Å². The maximum Gasteiger partial charge on any atom is 0.198 e. The molecule has 0 bridgehead atoms. The molecule has 278 valence electrons. The van der Waals surface area contributed by atoms with Gasteiger partial charge in [0.2, 0.25) is 0 Å². The van der Waals surface area contributed by atoms with Crippen molar-refractivity contribution in [3.63, 3.8) is 0 Å². The van der Waals surface area contributed by atoms with Crippen LogP contribution in [0.15, 0.2) is 132 Å². The summed E-state index contributed by atoms with van der Waals surface area (Å²) in [5.74, 6) is 0. The Morgan fingerprint density at radius 2 is 1.30 bits per heavy atom. The van der Waals surface area contributed by atoms with Crippen LogP contribution in [0, 0.1) is 0 Å². The van der Waals surface area contributed by atoms with Gasteiger partial charge in [0, 0.05) is 55.1 Å². The molecule has 0 fully saturated rings. The van der Waals surface area contributed by atoms with Crippen molar-refractivity contribution in [2.24, 2.45) is 0 Å². The summed E-state index contributed by atoms with van der Waals surface area (Å²) in [5, 5.41) is 8.80. The number of benzene rings is 7. The van der Waals surface area contributed by atoms with Crippen molar-refractivity contribution < 1.29 is 4.42 Å². The predicted octanol–water partition coefficient (Wildman–Crippen LogP) is 12.7. The number of hydrogen-bond acceptors (Lipinski definition) is 2. The van der Waals surface area contributed by atoms with E-state index in [1.165, 1.54) is 82.9 Å². The molecule has 0 unspecified atom stereocenters. The lowest BCUT2D eigenvalue weighted by atomic mass is 9.59. The van der Waals surface area contributed by atoms with Gasteiger partial charge in [-0.05, 0) is 110 Å². The number of fused-ring (bicyclic) bond motifs is 11. The summed E-state index contributed by atoms with van der Waals surface area (Å²) in [6, 6.07) is 47.9. The van der Waals surface area contributed by atoms with Crippen molar-refractivity contribution in [3.05, 3.63) is 150 Å². The molecule has 0 saturated carbocycles. The SMILES string of the molecule is CC(C)(C)c1ccc(Nc2ccc(C(C)(C)C)cc2-c2ccc3c4cc5c(cc4n4c3c2Bc2cc3oc6ccccc6c3cc2-4)-c2ccccc2C5(C)C)cc1. The van der Waals surface area contributed by atoms with Gasteiger partial charge in [0.05, 0.1) is 5.52 Å². The van der Waals surface area contributed by atoms with Crippen molar-refractivity contribution in [1.82, 2.24) is 4.57 Å². The van der Waals surface area contributed by atoms with E-state index in [2.05, 4.69) is 193 Å². The summed E-state index contributed by atoms with van der Waals surface area (Å²) < 4.78 is 9.12. The fraction of sp³-hybridized carbons (Fsp3) is 0.208. The Balaban J connectivity index is 1.20. The predicted molar refractivity (Wildman–Crippen MR) is 245 cm³/mol. The van der Waals surface area contributed by atoms with Crippen molar-refractivity contribution >= 4 is 73.3 Å². The minimum Gasteiger partial charge on any atom is -0.456 e. The van der Waals surface area contributed by atoms with Gasteiger partial charge in [0.1, 0.15) is 11.2 Å². The van der Waals surface area contributed by atoms with Gasteiger partial charge >= 0.3 is 0 Å². The average molecular weight is 739 g/mol. The van der Waals surface area contributed by atoms with Gasteiger partial charge in [-0.1, -0.05) is 134 Å². The Morgan fingerprint density at radius 3 is 2.09 bits per heavy atom. The lowest BCUT2D eigenvalue weighted by Gasteiger charge is -2.26. The van der Waals surface area contributed by atoms with Gasteiger partial charge in [-0.3, -0.25) is 0 Å². The monoisotopic (exact) mass is 738 g/mol. The van der Waals surface area contributed by atoms with E-state index in [-0.39, 0.29) is 16.2 Å². The molecule has 2 aromatic heterocycles. The zero-order valence-electron chi connectivity index (χ0n) is 34.2. The van der Waals surface area contributed by atoms with E-state index in [9.17, 15) is 0 Å². The lowest BCUT2D eigenvalue weighted by Crippen LogP contribution is -2.37. The summed E-state index contributed by atoms with van der Waals surface area (Å²) in [5.41, 5.74) is 21.1. The molecule has 0 radical (unpaired) electrons. The Hall–Kier alpha value is -6.00. The fourth-order valence-corrected chi connectivity index (χ4v) is 9.94. The number of para-hydroxylation sites is 1. The van der Waals surface area contributed by atoms with Crippen LogP contribution in [0.3, 0.4) is 0 Å². The first-order valence-corrected chi connectivity index (χ1v) is 20.5. The summed E-state index contributed by atoms with van der Waals surface area (Å²) in [6.07, 6.45) is 0. The highest BCUT2D eigenvalue weighted by Crippen LogP contribution is 2.51. The highest BCUT2D eigenvalue weighted by Gasteiger charge is 2.37. The molecular formula is C53H47BN2O. The largest absolute Gasteiger partial charge is 0.456 e. The number of rotatable bonds is 3. The van der Waals surface area contributed by atoms with E-state index in [0.29, 0.717) is 0 Å². The zero-order chi connectivity index (χ0) is 39.2. The molecule has 1 aliphatic heterocycles. The van der Waals surface area contributed by atoms with Crippen molar-refractivity contribution in [1.29, 1.82) is 0 Å². The third kappa shape index (κ3) is 4.99. The second kappa shape index (κ2) is 11.5. The quantitative estimate of drug-likeness (QED) is 0.183. The molecule has 9 aromatic rings. The van der Waals surface area contributed by atoms with Crippen LogP contribution in [0.4, 0.5) is 11.4 Å². The minimum atomic E-state index is -0.0870. The van der Waals surface area contributed by atoms with Crippen LogP contribution >= 0.6 is 0 Å². The molecule has 1 N–H and O–H groups in total. The molecule has 57 heavy (non-hydrogen) atoms. The van der Waals surface area contributed by atoms with Crippen molar-refractivity contribution in [2.45, 2.75) is 71.6 Å². The first-order chi connectivity index (χ1) is 27.3. The van der Waals surface area contributed by atoms with E-state index in [0.717, 1.165) is 40.6 Å². The maximum atomic E-state index is 6.53. The summed E-state index contributed by atoms with van der Waals surface area (Å²) in [6.45, 7) is 18.5. The van der Waals surface area contributed by atoms with Gasteiger partial charge < -0.3 is 14.3 Å². The van der Waals surface area contributed by atoms with E-state index in [1.54, 1.807) is 0 Å². The highest BCUT2D eigenvalue weighted by molar-refractivity contribution is 6.73. The Kier molecular flexibility index (Phi) is 6.94. The second-order valence-electron chi connectivity index (χ2n) is 19.1. The fourth-order valence-electron chi connectivity index (χ4n) is 9.94. The van der Waals surface area contributed by atoms with Crippen LogP contribution in [-0.4, -0.2) is 11.8 Å². The van der Waals surface area contributed by atoms with Gasteiger partial charge in [-0.25, -0.2) is 0 Å². The van der Waals surface area contributed by atoms with Gasteiger partial charge in [-0.2, -0.15) is 0 Å². The summed E-state index contributed by atoms with van der Waals surface area (Å²) >= 11 is 0. The molecular weight excluding hydrogens is 691 g/mol. The highest BCUT2D eigenvalue weighted by atomic mass is 16.3. The first kappa shape index (κ1) is 34.3. The smallest absolute Gasteiger partial charge is 0.198 e. The molecule has 0 amide bonds. The van der Waals surface area contributed by atoms with Crippen LogP contribution in [0.2, 0.25) is 0 Å². The normalized spacial score (nSPS) is 14.2. The molecule has 1 aliphatic carbocycles. The number of anilines is 2.